The minimum absolute atomic E-state index is 0.119. The third-order valence-corrected chi connectivity index (χ3v) is 3.12. The van der Waals surface area contributed by atoms with Crippen molar-refractivity contribution >= 4 is 22.1 Å². The van der Waals surface area contributed by atoms with Crippen LogP contribution in [-0.4, -0.2) is 14.9 Å². The highest BCUT2D eigenvalue weighted by molar-refractivity contribution is 5.95. The first kappa shape index (κ1) is 12.3. The van der Waals surface area contributed by atoms with E-state index in [4.69, 9.17) is 0 Å². The molecule has 20 heavy (non-hydrogen) atoms. The largest absolute Gasteiger partial charge is 0.506 e. The maximum Gasteiger partial charge on any atom is 0.143 e. The van der Waals surface area contributed by atoms with E-state index in [0.29, 0.717) is 11.4 Å². The molecule has 0 unspecified atom stereocenters. The van der Waals surface area contributed by atoms with Crippen molar-refractivity contribution in [3.8, 4) is 5.75 Å². The molecule has 0 fully saturated rings. The van der Waals surface area contributed by atoms with Crippen LogP contribution in [0, 0.1) is 6.92 Å². The van der Waals surface area contributed by atoms with Gasteiger partial charge in [-0.2, -0.15) is 5.10 Å². The summed E-state index contributed by atoms with van der Waals surface area (Å²) in [5, 5.41) is 24.5. The lowest BCUT2D eigenvalue weighted by atomic mass is 10.1. The maximum atomic E-state index is 9.99. The molecule has 0 aliphatic carbocycles. The van der Waals surface area contributed by atoms with Crippen LogP contribution in [0.4, 0.5) is 11.4 Å². The van der Waals surface area contributed by atoms with Crippen molar-refractivity contribution in [1.82, 2.24) is 9.78 Å². The molecular weight excluding hydrogens is 252 g/mol. The lowest BCUT2D eigenvalue weighted by Gasteiger charge is -2.03. The van der Waals surface area contributed by atoms with E-state index in [1.54, 1.807) is 16.9 Å². The number of aromatic nitrogens is 2. The molecule has 3 aromatic rings. The lowest BCUT2D eigenvalue weighted by molar-refractivity contribution is 0.477. The molecule has 0 aliphatic rings. The minimum atomic E-state index is 0.119. The predicted molar refractivity (Wildman–Crippen MR) is 77.7 cm³/mol. The first-order valence-electron chi connectivity index (χ1n) is 6.28. The summed E-state index contributed by atoms with van der Waals surface area (Å²) in [6.45, 7) is 1.87. The summed E-state index contributed by atoms with van der Waals surface area (Å²) in [6.07, 6.45) is 1.79. The van der Waals surface area contributed by atoms with Gasteiger partial charge in [-0.05, 0) is 18.4 Å². The second kappa shape index (κ2) is 4.77. The van der Waals surface area contributed by atoms with Gasteiger partial charge in [0.1, 0.15) is 17.1 Å². The van der Waals surface area contributed by atoms with Crippen molar-refractivity contribution in [2.24, 2.45) is 17.3 Å². The van der Waals surface area contributed by atoms with E-state index in [2.05, 4.69) is 15.3 Å². The molecule has 2 aromatic carbocycles. The number of nitrogens with zero attached hydrogens (tertiary/aromatic N) is 4. The van der Waals surface area contributed by atoms with E-state index in [0.717, 1.165) is 16.5 Å². The smallest absolute Gasteiger partial charge is 0.143 e. The van der Waals surface area contributed by atoms with Crippen LogP contribution in [0.15, 0.2) is 52.8 Å². The molecule has 0 saturated heterocycles. The van der Waals surface area contributed by atoms with E-state index in [1.807, 2.05) is 44.3 Å². The fraction of sp³-hybridized carbons (Fsp3) is 0.133. The summed E-state index contributed by atoms with van der Waals surface area (Å²) >= 11 is 0. The Balaban J connectivity index is 2.10. The second-order valence-corrected chi connectivity index (χ2v) is 4.63. The fourth-order valence-corrected chi connectivity index (χ4v) is 2.14. The monoisotopic (exact) mass is 266 g/mol. The zero-order chi connectivity index (χ0) is 14.1. The van der Waals surface area contributed by atoms with Gasteiger partial charge in [0.2, 0.25) is 0 Å². The third-order valence-electron chi connectivity index (χ3n) is 3.12. The first-order valence-corrected chi connectivity index (χ1v) is 6.28. The summed E-state index contributed by atoms with van der Waals surface area (Å²) in [6, 6.07) is 11.2. The Morgan fingerprint density at radius 3 is 2.65 bits per heavy atom. The molecule has 0 aliphatic heterocycles. The SMILES string of the molecule is Cc1nn(C)cc1N=Nc1c(O)ccc2ccccc12. The number of hydrogen-bond acceptors (Lipinski definition) is 4. The van der Waals surface area contributed by atoms with Crippen LogP contribution >= 0.6 is 0 Å². The van der Waals surface area contributed by atoms with Gasteiger partial charge in [-0.1, -0.05) is 30.3 Å². The van der Waals surface area contributed by atoms with Crippen LogP contribution in [0.25, 0.3) is 10.8 Å². The molecular formula is C15H14N4O. The van der Waals surface area contributed by atoms with Gasteiger partial charge in [0.05, 0.1) is 11.9 Å². The molecule has 1 aromatic heterocycles. The maximum absolute atomic E-state index is 9.99. The third kappa shape index (κ3) is 2.14. The Bertz CT molecular complexity index is 805. The van der Waals surface area contributed by atoms with E-state index < -0.39 is 0 Å². The summed E-state index contributed by atoms with van der Waals surface area (Å²) in [5.41, 5.74) is 1.97. The number of phenols is 1. The van der Waals surface area contributed by atoms with Gasteiger partial charge in [0.15, 0.2) is 0 Å². The molecule has 0 atom stereocenters. The van der Waals surface area contributed by atoms with Crippen molar-refractivity contribution in [2.75, 3.05) is 0 Å². The zero-order valence-corrected chi connectivity index (χ0v) is 11.3. The summed E-state index contributed by atoms with van der Waals surface area (Å²) in [5.74, 6) is 0.119. The molecule has 0 radical (unpaired) electrons. The number of rotatable bonds is 2. The van der Waals surface area contributed by atoms with Crippen LogP contribution in [0.1, 0.15) is 5.69 Å². The predicted octanol–water partition coefficient (Wildman–Crippen LogP) is 4.00. The Kier molecular flexibility index (Phi) is 2.95. The van der Waals surface area contributed by atoms with Gasteiger partial charge in [-0.3, -0.25) is 4.68 Å². The number of benzene rings is 2. The van der Waals surface area contributed by atoms with E-state index in [-0.39, 0.29) is 5.75 Å². The van der Waals surface area contributed by atoms with Gasteiger partial charge in [-0.15, -0.1) is 10.2 Å². The molecule has 100 valence electrons. The Labute approximate surface area is 116 Å². The summed E-state index contributed by atoms with van der Waals surface area (Å²) in [4.78, 5) is 0. The van der Waals surface area contributed by atoms with Crippen LogP contribution < -0.4 is 0 Å². The standard InChI is InChI=1S/C15H14N4O/c1-10-13(9-19(2)18-10)16-17-15-12-6-4-3-5-11(12)7-8-14(15)20/h3-9,20H,1-2H3. The first-order chi connectivity index (χ1) is 9.65. The Morgan fingerprint density at radius 1 is 1.10 bits per heavy atom. The quantitative estimate of drug-likeness (QED) is 0.712. The normalized spacial score (nSPS) is 11.5. The van der Waals surface area contributed by atoms with Crippen molar-refractivity contribution in [3.63, 3.8) is 0 Å². The molecule has 0 spiro atoms. The Hall–Kier alpha value is -2.69. The van der Waals surface area contributed by atoms with Crippen LogP contribution in [0.3, 0.4) is 0 Å². The fourth-order valence-electron chi connectivity index (χ4n) is 2.14. The highest BCUT2D eigenvalue weighted by atomic mass is 16.3. The van der Waals surface area contributed by atoms with E-state index in [1.165, 1.54) is 0 Å². The molecule has 3 rings (SSSR count). The topological polar surface area (TPSA) is 62.8 Å². The van der Waals surface area contributed by atoms with Crippen LogP contribution in [0.2, 0.25) is 0 Å². The van der Waals surface area contributed by atoms with Gasteiger partial charge in [0, 0.05) is 12.4 Å². The van der Waals surface area contributed by atoms with Gasteiger partial charge in [0.25, 0.3) is 0 Å². The van der Waals surface area contributed by atoms with Crippen molar-refractivity contribution < 1.29 is 5.11 Å². The lowest BCUT2D eigenvalue weighted by Crippen LogP contribution is -1.86. The van der Waals surface area contributed by atoms with Gasteiger partial charge in [-0.25, -0.2) is 0 Å². The zero-order valence-electron chi connectivity index (χ0n) is 11.3. The number of aryl methyl sites for hydroxylation is 2. The summed E-state index contributed by atoms with van der Waals surface area (Å²) < 4.78 is 1.69. The number of phenolic OH excluding ortho intramolecular Hbond substituents is 1. The molecule has 1 N–H and O–H groups in total. The highest BCUT2D eigenvalue weighted by Gasteiger charge is 2.07. The number of hydrogen-bond donors (Lipinski definition) is 1. The number of fused-ring (bicyclic) bond motifs is 1. The number of aromatic hydroxyl groups is 1. The highest BCUT2D eigenvalue weighted by Crippen LogP contribution is 2.36. The van der Waals surface area contributed by atoms with E-state index in [9.17, 15) is 5.11 Å². The molecule has 0 amide bonds. The summed E-state index contributed by atoms with van der Waals surface area (Å²) in [7, 11) is 1.83. The average Bonchev–Trinajstić information content (AvgIpc) is 2.76. The average molecular weight is 266 g/mol. The van der Waals surface area contributed by atoms with Crippen molar-refractivity contribution in [3.05, 3.63) is 48.3 Å². The minimum Gasteiger partial charge on any atom is -0.506 e. The van der Waals surface area contributed by atoms with Crippen LogP contribution in [-0.2, 0) is 7.05 Å². The molecule has 5 nitrogen and oxygen atoms in total. The number of azo groups is 1. The van der Waals surface area contributed by atoms with Gasteiger partial charge < -0.3 is 5.11 Å². The molecule has 1 heterocycles. The van der Waals surface area contributed by atoms with Gasteiger partial charge >= 0.3 is 0 Å². The molecule has 0 bridgehead atoms. The van der Waals surface area contributed by atoms with Crippen LogP contribution in [0.5, 0.6) is 5.75 Å². The van der Waals surface area contributed by atoms with Crippen molar-refractivity contribution in [2.45, 2.75) is 6.92 Å². The molecule has 0 saturated carbocycles. The Morgan fingerprint density at radius 2 is 1.90 bits per heavy atom. The van der Waals surface area contributed by atoms with Crippen molar-refractivity contribution in [1.29, 1.82) is 0 Å². The van der Waals surface area contributed by atoms with E-state index >= 15 is 0 Å². The molecule has 5 heteroatoms. The second-order valence-electron chi connectivity index (χ2n) is 4.63.